The number of nitrogens with one attached hydrogen (secondary N) is 2. The quantitative estimate of drug-likeness (QED) is 0.296. The third kappa shape index (κ3) is 7.92. The molecule has 1 aromatic carbocycles. The van der Waals surface area contributed by atoms with Crippen molar-refractivity contribution in [3.8, 4) is 0 Å². The molecule has 9 heteroatoms. The summed E-state index contributed by atoms with van der Waals surface area (Å²) in [5.41, 5.74) is 0.835. The summed E-state index contributed by atoms with van der Waals surface area (Å²) in [4.78, 5) is 6.90. The largest absolute Gasteiger partial charge is 0.355 e. The van der Waals surface area contributed by atoms with Crippen LogP contribution < -0.4 is 15.8 Å². The van der Waals surface area contributed by atoms with Crippen molar-refractivity contribution in [2.45, 2.75) is 50.1 Å². The number of hydrogen-bond donors (Lipinski definition) is 3. The molecule has 0 aliphatic carbocycles. The van der Waals surface area contributed by atoms with Crippen molar-refractivity contribution in [1.29, 1.82) is 0 Å². The van der Waals surface area contributed by atoms with E-state index >= 15 is 0 Å². The van der Waals surface area contributed by atoms with Gasteiger partial charge in [-0.1, -0.05) is 25.5 Å². The number of nitrogens with zero attached hydrogens (tertiary/aromatic N) is 2. The fourth-order valence-electron chi connectivity index (χ4n) is 3.37. The Bertz CT molecular complexity index is 711. The summed E-state index contributed by atoms with van der Waals surface area (Å²) < 4.78 is 22.9. The number of nitrogens with two attached hydrogens (primary N) is 1. The van der Waals surface area contributed by atoms with Gasteiger partial charge in [-0.25, -0.2) is 13.6 Å². The molecule has 1 heterocycles. The zero-order valence-electron chi connectivity index (χ0n) is 16.1. The van der Waals surface area contributed by atoms with Crippen LogP contribution in [0.3, 0.4) is 0 Å². The van der Waals surface area contributed by atoms with Gasteiger partial charge in [0.1, 0.15) is 0 Å². The van der Waals surface area contributed by atoms with E-state index in [0.717, 1.165) is 18.7 Å². The van der Waals surface area contributed by atoms with Gasteiger partial charge in [0.05, 0.1) is 4.90 Å². The van der Waals surface area contributed by atoms with E-state index in [1.165, 1.54) is 38.3 Å². The van der Waals surface area contributed by atoms with Crippen LogP contribution in [0.4, 0.5) is 0 Å². The van der Waals surface area contributed by atoms with Gasteiger partial charge in [-0.05, 0) is 43.5 Å². The van der Waals surface area contributed by atoms with Crippen LogP contribution in [0.15, 0.2) is 34.2 Å². The van der Waals surface area contributed by atoms with E-state index in [9.17, 15) is 8.42 Å². The molecule has 154 valence electrons. The number of hydrogen-bond acceptors (Lipinski definition) is 4. The second kappa shape index (κ2) is 11.8. The number of likely N-dealkylation sites (tertiary alicyclic amines) is 1. The monoisotopic (exact) mass is 509 g/mol. The van der Waals surface area contributed by atoms with Gasteiger partial charge >= 0.3 is 0 Å². The summed E-state index contributed by atoms with van der Waals surface area (Å²) in [6.07, 6.45) is 5.12. The number of benzene rings is 1. The highest BCUT2D eigenvalue weighted by molar-refractivity contribution is 14.0. The number of halogens is 1. The lowest BCUT2D eigenvalue weighted by Crippen LogP contribution is -2.45. The second-order valence-electron chi connectivity index (χ2n) is 6.64. The highest BCUT2D eigenvalue weighted by Gasteiger charge is 2.19. The lowest BCUT2D eigenvalue weighted by Gasteiger charge is -2.35. The topological polar surface area (TPSA) is 99.8 Å². The maximum Gasteiger partial charge on any atom is 0.238 e. The van der Waals surface area contributed by atoms with Crippen molar-refractivity contribution in [2.24, 2.45) is 10.1 Å². The molecule has 0 saturated carbocycles. The van der Waals surface area contributed by atoms with E-state index in [0.29, 0.717) is 18.5 Å². The Kier molecular flexibility index (Phi) is 10.6. The summed E-state index contributed by atoms with van der Waals surface area (Å²) in [6, 6.07) is 7.31. The maximum absolute atomic E-state index is 11.4. The Balaban J connectivity index is 0.00000364. The summed E-state index contributed by atoms with van der Waals surface area (Å²) in [6.45, 7) is 5.73. The van der Waals surface area contributed by atoms with Gasteiger partial charge in [0.25, 0.3) is 0 Å². The van der Waals surface area contributed by atoms with Crippen molar-refractivity contribution in [3.05, 3.63) is 29.8 Å². The summed E-state index contributed by atoms with van der Waals surface area (Å²) in [5.74, 6) is 0.705. The van der Waals surface area contributed by atoms with Crippen molar-refractivity contribution in [1.82, 2.24) is 15.5 Å². The molecule has 0 radical (unpaired) electrons. The van der Waals surface area contributed by atoms with E-state index in [1.807, 2.05) is 6.07 Å². The van der Waals surface area contributed by atoms with Crippen LogP contribution in [0.1, 0.15) is 38.2 Å². The van der Waals surface area contributed by atoms with E-state index in [2.05, 4.69) is 27.4 Å². The lowest BCUT2D eigenvalue weighted by atomic mass is 10.0. The molecule has 7 nitrogen and oxygen atoms in total. The van der Waals surface area contributed by atoms with Crippen molar-refractivity contribution >= 4 is 40.0 Å². The van der Waals surface area contributed by atoms with Gasteiger partial charge in [0.2, 0.25) is 10.0 Å². The molecule has 0 aromatic heterocycles. The molecule has 0 spiro atoms. The van der Waals surface area contributed by atoms with Crippen molar-refractivity contribution in [2.75, 3.05) is 26.7 Å². The van der Waals surface area contributed by atoms with Crippen LogP contribution in [0.25, 0.3) is 0 Å². The number of guanidine groups is 1. The maximum atomic E-state index is 11.4. The molecule has 1 fully saturated rings. The van der Waals surface area contributed by atoms with Crippen LogP contribution in [-0.2, 0) is 16.6 Å². The Hall–Kier alpha value is -0.910. The average molecular weight is 509 g/mol. The number of aliphatic imine (C=N–C) groups is 1. The number of primary sulfonamides is 1. The standard InChI is InChI=1S/C18H31N5O2S.HI/c1-3-16-8-4-5-11-23(16)12-10-21-18(20-2)22-14-15-7-6-9-17(13-15)26(19,24)25;/h6-7,9,13,16H,3-5,8,10-12,14H2,1-2H3,(H2,19,24,25)(H2,20,21,22);1H. The van der Waals surface area contributed by atoms with E-state index in [1.54, 1.807) is 19.2 Å². The molecule has 4 N–H and O–H groups in total. The van der Waals surface area contributed by atoms with Gasteiger partial charge in [-0.3, -0.25) is 9.89 Å². The fourth-order valence-corrected chi connectivity index (χ4v) is 3.96. The van der Waals surface area contributed by atoms with Gasteiger partial charge in [-0.15, -0.1) is 24.0 Å². The average Bonchev–Trinajstić information content (AvgIpc) is 2.64. The smallest absolute Gasteiger partial charge is 0.238 e. The predicted molar refractivity (Wildman–Crippen MR) is 121 cm³/mol. The minimum absolute atomic E-state index is 0. The Morgan fingerprint density at radius 1 is 1.33 bits per heavy atom. The van der Waals surface area contributed by atoms with Crippen molar-refractivity contribution in [3.63, 3.8) is 0 Å². The number of sulfonamides is 1. The summed E-state index contributed by atoms with van der Waals surface area (Å²) in [5, 5.41) is 11.7. The third-order valence-electron chi connectivity index (χ3n) is 4.82. The molecule has 1 saturated heterocycles. The van der Waals surface area contributed by atoms with Gasteiger partial charge in [0.15, 0.2) is 5.96 Å². The molecule has 0 amide bonds. The van der Waals surface area contributed by atoms with Crippen LogP contribution in [0.2, 0.25) is 0 Å². The molecule has 1 aromatic rings. The highest BCUT2D eigenvalue weighted by Crippen LogP contribution is 2.18. The van der Waals surface area contributed by atoms with Crippen LogP contribution in [0.5, 0.6) is 0 Å². The molecule has 1 unspecified atom stereocenters. The molecular formula is C18H32IN5O2S. The van der Waals surface area contributed by atoms with Crippen LogP contribution in [-0.4, -0.2) is 52.0 Å². The SMILES string of the molecule is CCC1CCCCN1CCNC(=NC)NCc1cccc(S(N)(=O)=O)c1.I. The van der Waals surface area contributed by atoms with Crippen LogP contribution >= 0.6 is 24.0 Å². The minimum Gasteiger partial charge on any atom is -0.355 e. The number of rotatable bonds is 7. The summed E-state index contributed by atoms with van der Waals surface area (Å²) in [7, 11) is -1.96. The molecule has 1 aliphatic rings. The van der Waals surface area contributed by atoms with E-state index in [-0.39, 0.29) is 28.9 Å². The molecule has 2 rings (SSSR count). The third-order valence-corrected chi connectivity index (χ3v) is 5.73. The van der Waals surface area contributed by atoms with Gasteiger partial charge in [-0.2, -0.15) is 0 Å². The zero-order chi connectivity index (χ0) is 19.0. The van der Waals surface area contributed by atoms with Crippen LogP contribution in [0, 0.1) is 0 Å². The normalized spacial score (nSPS) is 18.6. The number of piperidine rings is 1. The summed E-state index contributed by atoms with van der Waals surface area (Å²) >= 11 is 0. The Morgan fingerprint density at radius 2 is 2.11 bits per heavy atom. The lowest BCUT2D eigenvalue weighted by molar-refractivity contribution is 0.147. The first kappa shape index (κ1) is 24.1. The zero-order valence-corrected chi connectivity index (χ0v) is 19.3. The first-order valence-electron chi connectivity index (χ1n) is 9.24. The van der Waals surface area contributed by atoms with Gasteiger partial charge < -0.3 is 10.6 Å². The Morgan fingerprint density at radius 3 is 2.78 bits per heavy atom. The highest BCUT2D eigenvalue weighted by atomic mass is 127. The Labute approximate surface area is 180 Å². The van der Waals surface area contributed by atoms with Gasteiger partial charge in [0, 0.05) is 32.7 Å². The molecule has 27 heavy (non-hydrogen) atoms. The fraction of sp³-hybridized carbons (Fsp3) is 0.611. The van der Waals surface area contributed by atoms with E-state index < -0.39 is 10.0 Å². The molecule has 0 bridgehead atoms. The van der Waals surface area contributed by atoms with E-state index in [4.69, 9.17) is 5.14 Å². The molecule has 1 atom stereocenters. The predicted octanol–water partition coefficient (Wildman–Crippen LogP) is 1.88. The second-order valence-corrected chi connectivity index (χ2v) is 8.20. The minimum atomic E-state index is -3.68. The first-order chi connectivity index (χ1) is 12.4. The molecular weight excluding hydrogens is 477 g/mol. The first-order valence-corrected chi connectivity index (χ1v) is 10.8. The molecule has 1 aliphatic heterocycles. The van der Waals surface area contributed by atoms with Crippen molar-refractivity contribution < 1.29 is 8.42 Å².